The first-order valence-corrected chi connectivity index (χ1v) is 16.0. The summed E-state index contributed by atoms with van der Waals surface area (Å²) in [6, 6.07) is 6.99. The molecule has 2 N–H and O–H groups in total. The maximum Gasteiger partial charge on any atom is 0.311 e. The molecule has 1 aromatic rings. The topological polar surface area (TPSA) is 147 Å². The van der Waals surface area contributed by atoms with Gasteiger partial charge in [0.1, 0.15) is 24.1 Å². The second-order valence-electron chi connectivity index (χ2n) is 14.0. The van der Waals surface area contributed by atoms with Crippen molar-refractivity contribution in [2.45, 2.75) is 129 Å². The third kappa shape index (κ3) is 7.64. The summed E-state index contributed by atoms with van der Waals surface area (Å²) in [5, 5.41) is 21.9. The number of carbonyl (C=O) groups is 3. The summed E-state index contributed by atoms with van der Waals surface area (Å²) >= 11 is 0. The van der Waals surface area contributed by atoms with Gasteiger partial charge >= 0.3 is 17.9 Å². The van der Waals surface area contributed by atoms with Crippen molar-refractivity contribution >= 4 is 17.9 Å². The first kappa shape index (κ1) is 35.1. The fourth-order valence-electron chi connectivity index (χ4n) is 7.30. The zero-order valence-corrected chi connectivity index (χ0v) is 27.7. The lowest BCUT2D eigenvalue weighted by molar-refractivity contribution is -0.452. The second kappa shape index (κ2) is 13.6. The van der Waals surface area contributed by atoms with E-state index in [0.29, 0.717) is 19.3 Å². The molecule has 3 heterocycles. The Morgan fingerprint density at radius 1 is 1.09 bits per heavy atom. The van der Waals surface area contributed by atoms with Crippen LogP contribution in [0.25, 0.3) is 0 Å². The molecule has 3 fully saturated rings. The van der Waals surface area contributed by atoms with Gasteiger partial charge in [0.2, 0.25) is 0 Å². The molecule has 0 aromatic heterocycles. The molecule has 0 aliphatic carbocycles. The number of benzene rings is 1. The van der Waals surface area contributed by atoms with Gasteiger partial charge in [-0.05, 0) is 49.8 Å². The molecule has 0 amide bonds. The van der Waals surface area contributed by atoms with Crippen LogP contribution in [-0.4, -0.2) is 71.2 Å². The van der Waals surface area contributed by atoms with Crippen molar-refractivity contribution in [3.05, 3.63) is 29.8 Å². The van der Waals surface area contributed by atoms with Gasteiger partial charge in [-0.2, -0.15) is 0 Å². The largest absolute Gasteiger partial charge is 0.508 e. The van der Waals surface area contributed by atoms with Crippen LogP contribution >= 0.6 is 0 Å². The number of phenolic OH excluding ortho intramolecular Hbond substituents is 1. The van der Waals surface area contributed by atoms with Gasteiger partial charge in [-0.15, -0.1) is 0 Å². The van der Waals surface area contributed by atoms with Gasteiger partial charge in [0, 0.05) is 37.7 Å². The van der Waals surface area contributed by atoms with Gasteiger partial charge < -0.3 is 38.6 Å². The molecule has 45 heavy (non-hydrogen) atoms. The summed E-state index contributed by atoms with van der Waals surface area (Å²) in [6.07, 6.45) is -2.24. The molecule has 3 aliphatic heterocycles. The van der Waals surface area contributed by atoms with Crippen molar-refractivity contribution in [3.63, 3.8) is 0 Å². The van der Waals surface area contributed by atoms with Gasteiger partial charge in [0.15, 0.2) is 11.6 Å². The summed E-state index contributed by atoms with van der Waals surface area (Å²) in [4.78, 5) is 38.3. The summed E-state index contributed by atoms with van der Waals surface area (Å²) < 4.78 is 36.2. The van der Waals surface area contributed by atoms with E-state index in [-0.39, 0.29) is 36.5 Å². The standard InChI is InChI=1S/C34H50O11/c1-19(12-13-26(40-8)24-10-9-11-25(36)14-24)31-21(3)28-17-34(44-31)32(6,7)16-20(2)33(39,45-34)18-30(38)42-27(15-29(37)43-28)22(4)41-23(5)35/h9-11,14,19-22,26-28,31,36,39H,12-13,15-18H2,1-8H3/t19-,20+,21-,22+,26-,27+,28-,31+,33-,34-/m0/s1. The van der Waals surface area contributed by atoms with E-state index in [1.54, 1.807) is 32.2 Å². The highest BCUT2D eigenvalue weighted by atomic mass is 16.8. The van der Waals surface area contributed by atoms with Crippen LogP contribution in [-0.2, 0) is 42.8 Å². The quantitative estimate of drug-likeness (QED) is 0.295. The van der Waals surface area contributed by atoms with Crippen LogP contribution < -0.4 is 0 Å². The molecule has 3 saturated heterocycles. The molecule has 252 valence electrons. The Morgan fingerprint density at radius 3 is 2.44 bits per heavy atom. The Morgan fingerprint density at radius 2 is 1.80 bits per heavy atom. The van der Waals surface area contributed by atoms with Crippen LogP contribution in [0.2, 0.25) is 0 Å². The number of esters is 3. The summed E-state index contributed by atoms with van der Waals surface area (Å²) in [5.74, 6) is -5.87. The number of cyclic esters (lactones) is 1. The molecule has 11 nitrogen and oxygen atoms in total. The first-order valence-electron chi connectivity index (χ1n) is 16.0. The van der Waals surface area contributed by atoms with Gasteiger partial charge in [0.05, 0.1) is 25.0 Å². The van der Waals surface area contributed by atoms with Crippen molar-refractivity contribution in [1.29, 1.82) is 0 Å². The lowest BCUT2D eigenvalue weighted by Gasteiger charge is -2.61. The zero-order chi connectivity index (χ0) is 33.3. The Hall–Kier alpha value is -2.73. The van der Waals surface area contributed by atoms with E-state index < -0.39 is 71.7 Å². The highest BCUT2D eigenvalue weighted by Crippen LogP contribution is 2.57. The van der Waals surface area contributed by atoms with E-state index in [0.717, 1.165) is 5.56 Å². The normalized spacial score (nSPS) is 35.4. The molecule has 4 rings (SSSR count). The van der Waals surface area contributed by atoms with Crippen molar-refractivity contribution in [2.75, 3.05) is 7.11 Å². The number of ether oxygens (including phenoxy) is 6. The number of aromatic hydroxyl groups is 1. The minimum atomic E-state index is -1.92. The first-order chi connectivity index (χ1) is 21.0. The van der Waals surface area contributed by atoms with Crippen LogP contribution in [0.5, 0.6) is 5.75 Å². The van der Waals surface area contributed by atoms with Crippen molar-refractivity contribution in [2.24, 2.45) is 23.2 Å². The molecular formula is C34H50O11. The second-order valence-corrected chi connectivity index (χ2v) is 14.0. The Labute approximate surface area is 265 Å². The number of phenols is 1. The highest BCUT2D eigenvalue weighted by molar-refractivity contribution is 5.74. The molecule has 3 bridgehead atoms. The van der Waals surface area contributed by atoms with Crippen LogP contribution in [0.3, 0.4) is 0 Å². The van der Waals surface area contributed by atoms with Crippen LogP contribution in [0.1, 0.15) is 98.7 Å². The van der Waals surface area contributed by atoms with E-state index >= 15 is 0 Å². The van der Waals surface area contributed by atoms with Crippen molar-refractivity contribution in [3.8, 4) is 5.75 Å². The van der Waals surface area contributed by atoms with Crippen molar-refractivity contribution < 1.29 is 53.0 Å². The van der Waals surface area contributed by atoms with Crippen LogP contribution in [0.4, 0.5) is 0 Å². The molecule has 1 spiro atoms. The maximum atomic E-state index is 13.4. The number of methoxy groups -OCH3 is 1. The molecule has 0 unspecified atom stereocenters. The number of rotatable bonds is 8. The highest BCUT2D eigenvalue weighted by Gasteiger charge is 2.64. The third-order valence-electron chi connectivity index (χ3n) is 10.0. The van der Waals surface area contributed by atoms with E-state index in [9.17, 15) is 24.6 Å². The smallest absolute Gasteiger partial charge is 0.311 e. The minimum Gasteiger partial charge on any atom is -0.508 e. The van der Waals surface area contributed by atoms with Gasteiger partial charge in [-0.25, -0.2) is 0 Å². The number of carbonyl (C=O) groups excluding carboxylic acids is 3. The molecule has 1 aromatic carbocycles. The maximum absolute atomic E-state index is 13.4. The monoisotopic (exact) mass is 634 g/mol. The Bertz CT molecular complexity index is 1230. The summed E-state index contributed by atoms with van der Waals surface area (Å²) in [5.41, 5.74) is 0.235. The molecule has 3 aliphatic rings. The van der Waals surface area contributed by atoms with E-state index in [1.165, 1.54) is 6.92 Å². The number of hydrogen-bond donors (Lipinski definition) is 2. The van der Waals surface area contributed by atoms with Gasteiger partial charge in [-0.1, -0.05) is 46.8 Å². The molecule has 11 heteroatoms. The fraction of sp³-hybridized carbons (Fsp3) is 0.735. The lowest BCUT2D eigenvalue weighted by Crippen LogP contribution is -2.68. The molecular weight excluding hydrogens is 584 g/mol. The Kier molecular flexibility index (Phi) is 10.6. The number of aliphatic hydroxyl groups is 1. The molecule has 0 radical (unpaired) electrons. The SMILES string of the molecule is CO[C@@H](CC[C@H](C)[C@H]1O[C@@]23C[C@H](OC(=O)C[C@H]([C@@H](C)OC(C)=O)OC(=O)C[C@](O)(O2)[C@H](C)CC3(C)C)[C@@H]1C)c1cccc(O)c1. The summed E-state index contributed by atoms with van der Waals surface area (Å²) in [7, 11) is 1.63. The van der Waals surface area contributed by atoms with E-state index in [1.807, 2.05) is 33.8 Å². The third-order valence-corrected chi connectivity index (χ3v) is 10.0. The minimum absolute atomic E-state index is 0.0604. The fourth-order valence-corrected chi connectivity index (χ4v) is 7.30. The average molecular weight is 635 g/mol. The van der Waals surface area contributed by atoms with E-state index in [4.69, 9.17) is 28.4 Å². The van der Waals surface area contributed by atoms with Crippen LogP contribution in [0, 0.1) is 23.2 Å². The number of hydrogen-bond acceptors (Lipinski definition) is 11. The summed E-state index contributed by atoms with van der Waals surface area (Å²) in [6.45, 7) is 12.6. The van der Waals surface area contributed by atoms with Crippen molar-refractivity contribution in [1.82, 2.24) is 0 Å². The van der Waals surface area contributed by atoms with Gasteiger partial charge in [0.25, 0.3) is 0 Å². The molecule has 10 atom stereocenters. The predicted molar refractivity (Wildman–Crippen MR) is 161 cm³/mol. The zero-order valence-electron chi connectivity index (χ0n) is 27.7. The molecule has 0 saturated carbocycles. The lowest BCUT2D eigenvalue weighted by atomic mass is 9.66. The predicted octanol–water partition coefficient (Wildman–Crippen LogP) is 4.96. The van der Waals surface area contributed by atoms with Gasteiger partial charge in [-0.3, -0.25) is 14.4 Å². The average Bonchev–Trinajstić information content (AvgIpc) is 2.92. The Balaban J connectivity index is 1.66. The van der Waals surface area contributed by atoms with Crippen LogP contribution in [0.15, 0.2) is 24.3 Å². The van der Waals surface area contributed by atoms with E-state index in [2.05, 4.69) is 6.92 Å². The number of fused-ring (bicyclic) bond motifs is 2.